The smallest absolute Gasteiger partial charge is 0.308 e. The number of ether oxygens (including phenoxy) is 1. The Balaban J connectivity index is 0.00000338. The average Bonchev–Trinajstić information content (AvgIpc) is 2.65. The van der Waals surface area contributed by atoms with E-state index in [9.17, 15) is 4.79 Å². The molecule has 0 amide bonds. The van der Waals surface area contributed by atoms with Crippen molar-refractivity contribution in [3.8, 4) is 0 Å². The Bertz CT molecular complexity index is 581. The SMILES string of the molecule is CCNC(=NCC(C)c1ccc(C)cc1)N1CCC(C(=O)OC)CC1.I. The van der Waals surface area contributed by atoms with Gasteiger partial charge in [-0.15, -0.1) is 24.0 Å². The fraction of sp³-hybridized carbons (Fsp3) is 0.600. The van der Waals surface area contributed by atoms with Crippen LogP contribution in [0.5, 0.6) is 0 Å². The zero-order valence-electron chi connectivity index (χ0n) is 16.3. The van der Waals surface area contributed by atoms with E-state index in [0.29, 0.717) is 5.92 Å². The van der Waals surface area contributed by atoms with Crippen molar-refractivity contribution in [2.24, 2.45) is 10.9 Å². The maximum absolute atomic E-state index is 11.7. The van der Waals surface area contributed by atoms with Crippen molar-refractivity contribution in [1.82, 2.24) is 10.2 Å². The highest BCUT2D eigenvalue weighted by atomic mass is 127. The molecule has 1 N–H and O–H groups in total. The van der Waals surface area contributed by atoms with Gasteiger partial charge in [0.1, 0.15) is 0 Å². The molecular weight excluding hydrogens is 441 g/mol. The molecule has 5 nitrogen and oxygen atoms in total. The Morgan fingerprint density at radius 1 is 1.31 bits per heavy atom. The number of benzene rings is 1. The summed E-state index contributed by atoms with van der Waals surface area (Å²) in [5.74, 6) is 1.26. The first kappa shape index (κ1) is 22.7. The number of guanidine groups is 1. The number of aryl methyl sites for hydroxylation is 1. The molecule has 26 heavy (non-hydrogen) atoms. The Kier molecular flexibility index (Phi) is 9.98. The van der Waals surface area contributed by atoms with Gasteiger partial charge in [-0.2, -0.15) is 0 Å². The van der Waals surface area contributed by atoms with Gasteiger partial charge in [0, 0.05) is 32.1 Å². The van der Waals surface area contributed by atoms with Crippen LogP contribution >= 0.6 is 24.0 Å². The van der Waals surface area contributed by atoms with Crippen molar-refractivity contribution in [2.75, 3.05) is 33.3 Å². The minimum Gasteiger partial charge on any atom is -0.469 e. The van der Waals surface area contributed by atoms with E-state index in [-0.39, 0.29) is 35.9 Å². The standard InChI is InChI=1S/C20H31N3O2.HI/c1-5-21-20(23-12-10-18(11-13-23)19(24)25-4)22-14-16(3)17-8-6-15(2)7-9-17;/h6-9,16,18H,5,10-14H2,1-4H3,(H,21,22);1H. The molecule has 0 bridgehead atoms. The summed E-state index contributed by atoms with van der Waals surface area (Å²) >= 11 is 0. The lowest BCUT2D eigenvalue weighted by atomic mass is 9.97. The molecule has 146 valence electrons. The molecule has 1 saturated heterocycles. The molecule has 6 heteroatoms. The number of halogens is 1. The lowest BCUT2D eigenvalue weighted by Gasteiger charge is -2.33. The molecule has 0 aromatic heterocycles. The first-order chi connectivity index (χ1) is 12.0. The minimum absolute atomic E-state index is 0. The normalized spacial score (nSPS) is 16.6. The predicted octanol–water partition coefficient (Wildman–Crippen LogP) is 3.57. The van der Waals surface area contributed by atoms with Crippen molar-refractivity contribution in [1.29, 1.82) is 0 Å². The Labute approximate surface area is 174 Å². The van der Waals surface area contributed by atoms with Crippen molar-refractivity contribution < 1.29 is 9.53 Å². The highest BCUT2D eigenvalue weighted by Crippen LogP contribution is 2.19. The lowest BCUT2D eigenvalue weighted by Crippen LogP contribution is -2.46. The van der Waals surface area contributed by atoms with E-state index in [0.717, 1.165) is 45.0 Å². The third-order valence-corrected chi connectivity index (χ3v) is 4.83. The number of hydrogen-bond donors (Lipinski definition) is 1. The summed E-state index contributed by atoms with van der Waals surface area (Å²) < 4.78 is 4.87. The Morgan fingerprint density at radius 3 is 2.46 bits per heavy atom. The van der Waals surface area contributed by atoms with Crippen LogP contribution in [0.4, 0.5) is 0 Å². The van der Waals surface area contributed by atoms with Crippen LogP contribution in [0.3, 0.4) is 0 Å². The molecule has 1 unspecified atom stereocenters. The molecule has 1 atom stereocenters. The number of methoxy groups -OCH3 is 1. The summed E-state index contributed by atoms with van der Waals surface area (Å²) in [7, 11) is 1.46. The first-order valence-corrected chi connectivity index (χ1v) is 9.22. The Hall–Kier alpha value is -1.31. The van der Waals surface area contributed by atoms with E-state index >= 15 is 0 Å². The number of nitrogens with one attached hydrogen (secondary N) is 1. The van der Waals surface area contributed by atoms with Crippen LogP contribution in [0, 0.1) is 12.8 Å². The molecule has 0 spiro atoms. The third-order valence-electron chi connectivity index (χ3n) is 4.83. The van der Waals surface area contributed by atoms with Crippen LogP contribution < -0.4 is 5.32 Å². The van der Waals surface area contributed by atoms with Gasteiger partial charge in [-0.3, -0.25) is 9.79 Å². The number of piperidine rings is 1. The number of esters is 1. The zero-order valence-corrected chi connectivity index (χ0v) is 18.7. The van der Waals surface area contributed by atoms with Gasteiger partial charge in [0.2, 0.25) is 0 Å². The quantitative estimate of drug-likeness (QED) is 0.308. The van der Waals surface area contributed by atoms with Crippen LogP contribution in [0.15, 0.2) is 29.3 Å². The zero-order chi connectivity index (χ0) is 18.2. The van der Waals surface area contributed by atoms with Crippen LogP contribution in [0.2, 0.25) is 0 Å². The number of likely N-dealkylation sites (tertiary alicyclic amines) is 1. The second-order valence-corrected chi connectivity index (χ2v) is 6.79. The van der Waals surface area contributed by atoms with E-state index in [1.54, 1.807) is 0 Å². The summed E-state index contributed by atoms with van der Waals surface area (Å²) in [5.41, 5.74) is 2.59. The third kappa shape index (κ3) is 6.45. The lowest BCUT2D eigenvalue weighted by molar-refractivity contribution is -0.146. The molecular formula is C20H32IN3O2. The maximum Gasteiger partial charge on any atom is 0.308 e. The van der Waals surface area contributed by atoms with Gasteiger partial charge >= 0.3 is 5.97 Å². The predicted molar refractivity (Wildman–Crippen MR) is 117 cm³/mol. The molecule has 0 radical (unpaired) electrons. The molecule has 1 aromatic rings. The van der Waals surface area contributed by atoms with Crippen LogP contribution in [-0.4, -0.2) is 50.1 Å². The topological polar surface area (TPSA) is 53.9 Å². The molecule has 1 fully saturated rings. The summed E-state index contributed by atoms with van der Waals surface area (Å²) in [6.45, 7) is 9.67. The number of hydrogen-bond acceptors (Lipinski definition) is 3. The number of carbonyl (C=O) groups is 1. The van der Waals surface area contributed by atoms with Crippen molar-refractivity contribution in [3.05, 3.63) is 35.4 Å². The van der Waals surface area contributed by atoms with Gasteiger partial charge in [-0.05, 0) is 32.3 Å². The molecule has 0 aliphatic carbocycles. The number of nitrogens with zero attached hydrogens (tertiary/aromatic N) is 2. The average molecular weight is 473 g/mol. The second-order valence-electron chi connectivity index (χ2n) is 6.79. The molecule has 0 saturated carbocycles. The van der Waals surface area contributed by atoms with Gasteiger partial charge in [-0.25, -0.2) is 0 Å². The fourth-order valence-corrected chi connectivity index (χ4v) is 3.14. The summed E-state index contributed by atoms with van der Waals surface area (Å²) in [4.78, 5) is 18.8. The van der Waals surface area contributed by atoms with Crippen LogP contribution in [0.25, 0.3) is 0 Å². The Morgan fingerprint density at radius 2 is 1.92 bits per heavy atom. The van der Waals surface area contributed by atoms with E-state index in [1.807, 2.05) is 0 Å². The molecule has 2 rings (SSSR count). The van der Waals surface area contributed by atoms with Crippen molar-refractivity contribution >= 4 is 35.9 Å². The van der Waals surface area contributed by atoms with Gasteiger partial charge in [0.05, 0.1) is 13.0 Å². The van der Waals surface area contributed by atoms with E-state index in [1.165, 1.54) is 18.2 Å². The van der Waals surface area contributed by atoms with Crippen molar-refractivity contribution in [2.45, 2.75) is 39.5 Å². The monoisotopic (exact) mass is 473 g/mol. The molecule has 1 aromatic carbocycles. The molecule has 1 aliphatic rings. The van der Waals surface area contributed by atoms with Crippen LogP contribution in [-0.2, 0) is 9.53 Å². The number of aliphatic imine (C=N–C) groups is 1. The minimum atomic E-state index is -0.0883. The largest absolute Gasteiger partial charge is 0.469 e. The van der Waals surface area contributed by atoms with Crippen LogP contribution in [0.1, 0.15) is 43.7 Å². The van der Waals surface area contributed by atoms with Gasteiger partial charge in [0.25, 0.3) is 0 Å². The molecule has 1 heterocycles. The maximum atomic E-state index is 11.7. The van der Waals surface area contributed by atoms with Gasteiger partial charge < -0.3 is 15.0 Å². The fourth-order valence-electron chi connectivity index (χ4n) is 3.14. The van der Waals surface area contributed by atoms with E-state index < -0.39 is 0 Å². The number of carbonyl (C=O) groups excluding carboxylic acids is 1. The number of rotatable bonds is 5. The first-order valence-electron chi connectivity index (χ1n) is 9.22. The summed E-state index contributed by atoms with van der Waals surface area (Å²) in [5, 5.41) is 3.39. The van der Waals surface area contributed by atoms with Crippen molar-refractivity contribution in [3.63, 3.8) is 0 Å². The molecule has 1 aliphatic heterocycles. The second kappa shape index (κ2) is 11.4. The van der Waals surface area contributed by atoms with Gasteiger partial charge in [-0.1, -0.05) is 36.8 Å². The highest BCUT2D eigenvalue weighted by molar-refractivity contribution is 14.0. The highest BCUT2D eigenvalue weighted by Gasteiger charge is 2.27. The van der Waals surface area contributed by atoms with Gasteiger partial charge in [0.15, 0.2) is 5.96 Å². The van der Waals surface area contributed by atoms with E-state index in [2.05, 4.69) is 55.3 Å². The summed E-state index contributed by atoms with van der Waals surface area (Å²) in [6, 6.07) is 8.67. The van der Waals surface area contributed by atoms with E-state index in [4.69, 9.17) is 9.73 Å². The summed E-state index contributed by atoms with van der Waals surface area (Å²) in [6.07, 6.45) is 1.65.